The van der Waals surface area contributed by atoms with Crippen molar-refractivity contribution in [1.29, 1.82) is 0 Å². The monoisotopic (exact) mass is 196 g/mol. The number of rotatable bonds is 2. The van der Waals surface area contributed by atoms with E-state index in [0.29, 0.717) is 6.54 Å². The van der Waals surface area contributed by atoms with Crippen molar-refractivity contribution in [3.8, 4) is 0 Å². The molecule has 0 saturated carbocycles. The van der Waals surface area contributed by atoms with Crippen molar-refractivity contribution >= 4 is 0 Å². The first-order valence-electron chi connectivity index (χ1n) is 5.04. The maximum Gasteiger partial charge on any atom is 0.137 e. The Kier molecular flexibility index (Phi) is 2.79. The van der Waals surface area contributed by atoms with Gasteiger partial charge in [-0.2, -0.15) is 5.10 Å². The zero-order valence-electron chi connectivity index (χ0n) is 8.19. The molecule has 0 bridgehead atoms. The summed E-state index contributed by atoms with van der Waals surface area (Å²) in [4.78, 5) is 3.87. The average Bonchev–Trinajstić information content (AvgIpc) is 2.55. The molecule has 1 fully saturated rings. The van der Waals surface area contributed by atoms with Crippen LogP contribution in [0.25, 0.3) is 0 Å². The predicted molar refractivity (Wildman–Crippen MR) is 51.7 cm³/mol. The Labute approximate surface area is 83.2 Å². The molecule has 1 unspecified atom stereocenters. The van der Waals surface area contributed by atoms with Crippen molar-refractivity contribution in [3.05, 3.63) is 12.7 Å². The van der Waals surface area contributed by atoms with Gasteiger partial charge in [0, 0.05) is 0 Å². The Morgan fingerprint density at radius 1 is 1.43 bits per heavy atom. The molecule has 0 aliphatic carbocycles. The summed E-state index contributed by atoms with van der Waals surface area (Å²) in [6.45, 7) is 2.43. The lowest BCUT2D eigenvalue weighted by atomic mass is 9.95. The molecule has 2 N–H and O–H groups in total. The number of hydrogen-bond acceptors (Lipinski definition) is 4. The Morgan fingerprint density at radius 3 is 3.14 bits per heavy atom. The molecule has 0 amide bonds. The minimum atomic E-state index is -0.614. The molecule has 1 atom stereocenters. The molecular formula is C9H16N4O. The predicted octanol–water partition coefficient (Wildman–Crippen LogP) is -0.217. The fraction of sp³-hybridized carbons (Fsp3) is 0.778. The van der Waals surface area contributed by atoms with Crippen LogP contribution in [0, 0.1) is 0 Å². The van der Waals surface area contributed by atoms with Crippen LogP contribution in [0.5, 0.6) is 0 Å². The number of aromatic nitrogens is 3. The summed E-state index contributed by atoms with van der Waals surface area (Å²) in [5.74, 6) is 0. The van der Waals surface area contributed by atoms with Gasteiger partial charge in [0.25, 0.3) is 0 Å². The number of nitrogens with zero attached hydrogens (tertiary/aromatic N) is 3. The van der Waals surface area contributed by atoms with E-state index >= 15 is 0 Å². The normalized spacial score (nSPS) is 28.6. The highest BCUT2D eigenvalue weighted by atomic mass is 16.3. The second-order valence-corrected chi connectivity index (χ2v) is 3.92. The number of aliphatic hydroxyl groups is 1. The summed E-state index contributed by atoms with van der Waals surface area (Å²) in [6, 6.07) is 0. The van der Waals surface area contributed by atoms with E-state index < -0.39 is 5.60 Å². The van der Waals surface area contributed by atoms with E-state index in [9.17, 15) is 5.11 Å². The summed E-state index contributed by atoms with van der Waals surface area (Å²) in [5, 5.41) is 17.6. The van der Waals surface area contributed by atoms with Crippen LogP contribution < -0.4 is 5.32 Å². The molecular weight excluding hydrogens is 180 g/mol. The summed E-state index contributed by atoms with van der Waals surface area (Å²) in [5.41, 5.74) is -0.614. The number of nitrogens with one attached hydrogen (secondary N) is 1. The molecule has 1 aliphatic rings. The third kappa shape index (κ3) is 2.30. The first kappa shape index (κ1) is 9.61. The Morgan fingerprint density at radius 2 is 2.36 bits per heavy atom. The van der Waals surface area contributed by atoms with E-state index in [-0.39, 0.29) is 0 Å². The zero-order chi connectivity index (χ0) is 9.86. The van der Waals surface area contributed by atoms with Gasteiger partial charge in [0.1, 0.15) is 12.7 Å². The maximum absolute atomic E-state index is 10.3. The summed E-state index contributed by atoms with van der Waals surface area (Å²) < 4.78 is 1.70. The highest BCUT2D eigenvalue weighted by Crippen LogP contribution is 2.20. The van der Waals surface area contributed by atoms with Crippen LogP contribution in [0.1, 0.15) is 19.3 Å². The molecule has 14 heavy (non-hydrogen) atoms. The van der Waals surface area contributed by atoms with Crippen LogP contribution in [0.3, 0.4) is 0 Å². The quantitative estimate of drug-likeness (QED) is 0.686. The standard InChI is InChI=1S/C9H16N4O/c14-9(2-1-4-10-5-3-9)6-13-8-11-7-12-13/h7-8,10,14H,1-6H2. The number of hydrogen-bond donors (Lipinski definition) is 2. The van der Waals surface area contributed by atoms with E-state index in [1.165, 1.54) is 6.33 Å². The van der Waals surface area contributed by atoms with E-state index in [1.807, 2.05) is 0 Å². The smallest absolute Gasteiger partial charge is 0.137 e. The molecule has 5 heteroatoms. The Bertz CT molecular complexity index is 264. The van der Waals surface area contributed by atoms with Gasteiger partial charge in [0.2, 0.25) is 0 Å². The van der Waals surface area contributed by atoms with Crippen molar-refractivity contribution in [2.75, 3.05) is 13.1 Å². The van der Waals surface area contributed by atoms with Crippen molar-refractivity contribution in [1.82, 2.24) is 20.1 Å². The molecule has 0 spiro atoms. The second-order valence-electron chi connectivity index (χ2n) is 3.92. The highest BCUT2D eigenvalue weighted by Gasteiger charge is 2.28. The minimum absolute atomic E-state index is 0.550. The lowest BCUT2D eigenvalue weighted by Crippen LogP contribution is -2.35. The molecule has 1 saturated heterocycles. The van der Waals surface area contributed by atoms with Crippen LogP contribution in [0.2, 0.25) is 0 Å². The van der Waals surface area contributed by atoms with Gasteiger partial charge < -0.3 is 10.4 Å². The largest absolute Gasteiger partial charge is 0.388 e. The molecule has 2 heterocycles. The van der Waals surface area contributed by atoms with Crippen molar-refractivity contribution in [2.24, 2.45) is 0 Å². The van der Waals surface area contributed by atoms with Crippen molar-refractivity contribution in [3.63, 3.8) is 0 Å². The Balaban J connectivity index is 1.99. The van der Waals surface area contributed by atoms with Crippen LogP contribution in [0.15, 0.2) is 12.7 Å². The minimum Gasteiger partial charge on any atom is -0.388 e. The topological polar surface area (TPSA) is 63.0 Å². The Hall–Kier alpha value is -0.940. The van der Waals surface area contributed by atoms with Gasteiger partial charge in [-0.15, -0.1) is 0 Å². The van der Waals surface area contributed by atoms with E-state index in [4.69, 9.17) is 0 Å². The fourth-order valence-corrected chi connectivity index (χ4v) is 1.89. The maximum atomic E-state index is 10.3. The van der Waals surface area contributed by atoms with Gasteiger partial charge in [-0.1, -0.05) is 0 Å². The molecule has 1 aromatic rings. The molecule has 78 valence electrons. The molecule has 0 aromatic carbocycles. The first-order chi connectivity index (χ1) is 6.79. The second kappa shape index (κ2) is 4.06. The molecule has 2 rings (SSSR count). The molecule has 0 radical (unpaired) electrons. The van der Waals surface area contributed by atoms with Crippen molar-refractivity contribution in [2.45, 2.75) is 31.4 Å². The molecule has 1 aromatic heterocycles. The van der Waals surface area contributed by atoms with Gasteiger partial charge >= 0.3 is 0 Å². The van der Waals surface area contributed by atoms with Crippen LogP contribution in [-0.4, -0.2) is 38.6 Å². The van der Waals surface area contributed by atoms with Gasteiger partial charge in [0.05, 0.1) is 12.1 Å². The zero-order valence-corrected chi connectivity index (χ0v) is 8.19. The highest BCUT2D eigenvalue weighted by molar-refractivity contribution is 4.82. The van der Waals surface area contributed by atoms with E-state index in [0.717, 1.165) is 32.4 Å². The van der Waals surface area contributed by atoms with Crippen molar-refractivity contribution < 1.29 is 5.11 Å². The van der Waals surface area contributed by atoms with Gasteiger partial charge in [-0.05, 0) is 32.4 Å². The molecule has 5 nitrogen and oxygen atoms in total. The summed E-state index contributed by atoms with van der Waals surface area (Å²) >= 11 is 0. The summed E-state index contributed by atoms with van der Waals surface area (Å²) in [6.07, 6.45) is 5.78. The molecule has 1 aliphatic heterocycles. The third-order valence-electron chi connectivity index (χ3n) is 2.69. The van der Waals surface area contributed by atoms with Crippen LogP contribution in [0.4, 0.5) is 0 Å². The lowest BCUT2D eigenvalue weighted by molar-refractivity contribution is 0.00788. The average molecular weight is 196 g/mol. The lowest BCUT2D eigenvalue weighted by Gasteiger charge is -2.25. The third-order valence-corrected chi connectivity index (χ3v) is 2.69. The van der Waals surface area contributed by atoms with E-state index in [1.54, 1.807) is 11.0 Å². The first-order valence-corrected chi connectivity index (χ1v) is 5.04. The van der Waals surface area contributed by atoms with Crippen LogP contribution >= 0.6 is 0 Å². The fourth-order valence-electron chi connectivity index (χ4n) is 1.89. The van der Waals surface area contributed by atoms with Crippen LogP contribution in [-0.2, 0) is 6.54 Å². The SMILES string of the molecule is OC1(Cn2cncn2)CCCNCC1. The van der Waals surface area contributed by atoms with Gasteiger partial charge in [-0.25, -0.2) is 4.98 Å². The van der Waals surface area contributed by atoms with E-state index in [2.05, 4.69) is 15.4 Å². The van der Waals surface area contributed by atoms with Gasteiger partial charge in [-0.3, -0.25) is 4.68 Å². The van der Waals surface area contributed by atoms with Gasteiger partial charge in [0.15, 0.2) is 0 Å². The summed E-state index contributed by atoms with van der Waals surface area (Å²) in [7, 11) is 0.